The van der Waals surface area contributed by atoms with Gasteiger partial charge in [-0.1, -0.05) is 31.2 Å². The van der Waals surface area contributed by atoms with Crippen molar-refractivity contribution in [3.63, 3.8) is 0 Å². The molecule has 1 fully saturated rings. The Morgan fingerprint density at radius 1 is 1.26 bits per heavy atom. The second-order valence-corrected chi connectivity index (χ2v) is 10.7. The van der Waals surface area contributed by atoms with E-state index in [1.165, 1.54) is 11.3 Å². The van der Waals surface area contributed by atoms with Gasteiger partial charge in [-0.2, -0.15) is 0 Å². The Morgan fingerprint density at radius 3 is 2.86 bits per heavy atom. The number of nitrogens with one attached hydrogen (secondary N) is 2. The van der Waals surface area contributed by atoms with Crippen LogP contribution < -0.4 is 10.6 Å². The summed E-state index contributed by atoms with van der Waals surface area (Å²) < 4.78 is 5.27. The predicted octanol–water partition coefficient (Wildman–Crippen LogP) is 3.77. The molecule has 2 heterocycles. The first-order valence-corrected chi connectivity index (χ1v) is 13.0. The van der Waals surface area contributed by atoms with Gasteiger partial charge in [-0.25, -0.2) is 9.59 Å². The molecule has 1 aromatic carbocycles. The molecule has 4 amide bonds. The SMILES string of the molecule is CCOC(=O)c1c(NC(=O)CN2C(=O)N[C@@]3(CCCc4ccccc43)C2=O)sc2c1CC[C@@H](C)C2. The second kappa shape index (κ2) is 9.11. The van der Waals surface area contributed by atoms with Gasteiger partial charge in [0.05, 0.1) is 12.2 Å². The summed E-state index contributed by atoms with van der Waals surface area (Å²) in [6.07, 6.45) is 4.68. The standard InChI is InChI=1S/C26H29N3O5S/c1-3-34-23(31)21-17-11-10-15(2)13-19(17)35-22(21)27-20(30)14-29-24(32)26(28-25(29)33)12-6-8-16-7-4-5-9-18(16)26/h4-5,7,9,15H,3,6,8,10-14H2,1-2H3,(H,27,30)(H,28,33)/t15-,26-/m1/s1. The quantitative estimate of drug-likeness (QED) is 0.485. The van der Waals surface area contributed by atoms with Gasteiger partial charge in [-0.05, 0) is 68.1 Å². The number of carbonyl (C=O) groups excluding carboxylic acids is 4. The number of hydrogen-bond donors (Lipinski definition) is 2. The van der Waals surface area contributed by atoms with Crippen molar-refractivity contribution in [2.24, 2.45) is 5.92 Å². The fourth-order valence-corrected chi connectivity index (χ4v) is 6.94. The second-order valence-electron chi connectivity index (χ2n) is 9.56. The lowest BCUT2D eigenvalue weighted by atomic mass is 9.76. The first-order valence-electron chi connectivity index (χ1n) is 12.2. The minimum Gasteiger partial charge on any atom is -0.462 e. The van der Waals surface area contributed by atoms with E-state index < -0.39 is 35.9 Å². The molecule has 0 unspecified atom stereocenters. The van der Waals surface area contributed by atoms with Crippen LogP contribution in [0.1, 0.15) is 65.0 Å². The van der Waals surface area contributed by atoms with Crippen LogP contribution in [0.2, 0.25) is 0 Å². The molecule has 2 N–H and O–H groups in total. The summed E-state index contributed by atoms with van der Waals surface area (Å²) in [7, 11) is 0. The van der Waals surface area contributed by atoms with Gasteiger partial charge in [0, 0.05) is 4.88 Å². The van der Waals surface area contributed by atoms with Gasteiger partial charge in [0.25, 0.3) is 5.91 Å². The first kappa shape index (κ1) is 23.5. The zero-order valence-electron chi connectivity index (χ0n) is 19.9. The number of amides is 4. The van der Waals surface area contributed by atoms with Gasteiger partial charge in [-0.3, -0.25) is 14.5 Å². The molecule has 1 spiro atoms. The van der Waals surface area contributed by atoms with Crippen LogP contribution in [0.5, 0.6) is 0 Å². The number of anilines is 1. The van der Waals surface area contributed by atoms with E-state index in [1.54, 1.807) is 6.92 Å². The lowest BCUT2D eigenvalue weighted by Crippen LogP contribution is -2.47. The van der Waals surface area contributed by atoms with Crippen LogP contribution in [-0.4, -0.2) is 41.9 Å². The average molecular weight is 496 g/mol. The average Bonchev–Trinajstić information content (AvgIpc) is 3.29. The Bertz CT molecular complexity index is 1220. The minimum absolute atomic E-state index is 0.235. The largest absolute Gasteiger partial charge is 0.462 e. The third-order valence-corrected chi connectivity index (χ3v) is 8.37. The van der Waals surface area contributed by atoms with E-state index in [1.807, 2.05) is 24.3 Å². The maximum absolute atomic E-state index is 13.5. The number of benzene rings is 1. The van der Waals surface area contributed by atoms with Gasteiger partial charge in [0.1, 0.15) is 17.1 Å². The molecule has 35 heavy (non-hydrogen) atoms. The van der Waals surface area contributed by atoms with E-state index in [9.17, 15) is 19.2 Å². The molecule has 0 saturated carbocycles. The normalized spacial score (nSPS) is 23.0. The summed E-state index contributed by atoms with van der Waals surface area (Å²) in [5.41, 5.74) is 2.06. The number of urea groups is 1. The van der Waals surface area contributed by atoms with Gasteiger partial charge >= 0.3 is 12.0 Å². The zero-order valence-corrected chi connectivity index (χ0v) is 20.8. The van der Waals surface area contributed by atoms with Gasteiger partial charge < -0.3 is 15.4 Å². The van der Waals surface area contributed by atoms with Crippen LogP contribution in [0.25, 0.3) is 0 Å². The van der Waals surface area contributed by atoms with E-state index in [4.69, 9.17) is 4.74 Å². The highest BCUT2D eigenvalue weighted by Crippen LogP contribution is 2.41. The third-order valence-electron chi connectivity index (χ3n) is 7.20. The fourth-order valence-electron chi connectivity index (χ4n) is 5.52. The summed E-state index contributed by atoms with van der Waals surface area (Å²) in [5, 5.41) is 6.10. The molecule has 2 aliphatic carbocycles. The molecule has 1 aromatic heterocycles. The molecular weight excluding hydrogens is 466 g/mol. The highest BCUT2D eigenvalue weighted by molar-refractivity contribution is 7.17. The summed E-state index contributed by atoms with van der Waals surface area (Å²) in [4.78, 5) is 54.2. The summed E-state index contributed by atoms with van der Waals surface area (Å²) >= 11 is 1.38. The Hall–Kier alpha value is -3.20. The summed E-state index contributed by atoms with van der Waals surface area (Å²) in [6.45, 7) is 3.73. The Morgan fingerprint density at radius 2 is 2.06 bits per heavy atom. The number of esters is 1. The first-order chi connectivity index (χ1) is 16.8. The number of rotatable bonds is 5. The van der Waals surface area contributed by atoms with Crippen molar-refractivity contribution < 1.29 is 23.9 Å². The third kappa shape index (κ3) is 4.01. The molecule has 3 aliphatic rings. The van der Waals surface area contributed by atoms with Crippen molar-refractivity contribution in [3.8, 4) is 0 Å². The van der Waals surface area contributed by atoms with Gasteiger partial charge in [0.15, 0.2) is 0 Å². The number of carbonyl (C=O) groups is 4. The van der Waals surface area contributed by atoms with Crippen molar-refractivity contribution in [1.82, 2.24) is 10.2 Å². The topological polar surface area (TPSA) is 105 Å². The molecule has 8 nitrogen and oxygen atoms in total. The van der Waals surface area contributed by atoms with Crippen LogP contribution in [0, 0.1) is 5.92 Å². The van der Waals surface area contributed by atoms with Crippen LogP contribution in [0.15, 0.2) is 24.3 Å². The summed E-state index contributed by atoms with van der Waals surface area (Å²) in [5.74, 6) is -0.885. The number of ether oxygens (including phenoxy) is 1. The number of aryl methyl sites for hydroxylation is 1. The lowest BCUT2D eigenvalue weighted by molar-refractivity contribution is -0.134. The van der Waals surface area contributed by atoms with E-state index in [2.05, 4.69) is 17.6 Å². The highest BCUT2D eigenvalue weighted by atomic mass is 32.1. The van der Waals surface area contributed by atoms with E-state index in [-0.39, 0.29) is 6.61 Å². The monoisotopic (exact) mass is 495 g/mol. The fraction of sp³-hybridized carbons (Fsp3) is 0.462. The van der Waals surface area contributed by atoms with Crippen LogP contribution in [-0.2, 0) is 39.1 Å². The molecule has 1 aliphatic heterocycles. The van der Waals surface area contributed by atoms with Gasteiger partial charge in [-0.15, -0.1) is 11.3 Å². The molecule has 2 aromatic rings. The maximum Gasteiger partial charge on any atom is 0.341 e. The van der Waals surface area contributed by atoms with E-state index >= 15 is 0 Å². The Kier molecular flexibility index (Phi) is 6.13. The molecule has 0 radical (unpaired) electrons. The van der Waals surface area contributed by atoms with Crippen molar-refractivity contribution in [2.45, 2.75) is 57.9 Å². The van der Waals surface area contributed by atoms with E-state index in [0.29, 0.717) is 22.9 Å². The zero-order chi connectivity index (χ0) is 24.7. The van der Waals surface area contributed by atoms with Crippen molar-refractivity contribution in [1.29, 1.82) is 0 Å². The van der Waals surface area contributed by atoms with Crippen LogP contribution in [0.3, 0.4) is 0 Å². The molecule has 2 atom stereocenters. The van der Waals surface area contributed by atoms with Crippen molar-refractivity contribution >= 4 is 40.2 Å². The lowest BCUT2D eigenvalue weighted by Gasteiger charge is -2.33. The molecule has 184 valence electrons. The number of hydrogen-bond acceptors (Lipinski definition) is 6. The molecular formula is C26H29N3O5S. The maximum atomic E-state index is 13.5. The Labute approximate surface area is 208 Å². The van der Waals surface area contributed by atoms with E-state index in [0.717, 1.165) is 58.6 Å². The Balaban J connectivity index is 1.38. The number of thiophene rings is 1. The molecule has 9 heteroatoms. The predicted molar refractivity (Wildman–Crippen MR) is 131 cm³/mol. The van der Waals surface area contributed by atoms with Crippen molar-refractivity contribution in [2.75, 3.05) is 18.5 Å². The number of fused-ring (bicyclic) bond motifs is 3. The minimum atomic E-state index is -1.12. The molecule has 0 bridgehead atoms. The van der Waals surface area contributed by atoms with Gasteiger partial charge in [0.2, 0.25) is 5.91 Å². The molecule has 1 saturated heterocycles. The summed E-state index contributed by atoms with van der Waals surface area (Å²) in [6, 6.07) is 7.05. The van der Waals surface area contributed by atoms with Crippen LogP contribution in [0.4, 0.5) is 9.80 Å². The number of nitrogens with zero attached hydrogens (tertiary/aromatic N) is 1. The highest BCUT2D eigenvalue weighted by Gasteiger charge is 2.54. The van der Waals surface area contributed by atoms with Crippen LogP contribution >= 0.6 is 11.3 Å². The smallest absolute Gasteiger partial charge is 0.341 e. The number of imide groups is 1. The molecule has 5 rings (SSSR count). The van der Waals surface area contributed by atoms with Crippen molar-refractivity contribution in [3.05, 3.63) is 51.4 Å².